The maximum absolute atomic E-state index is 12.0. The molecule has 2 N–H and O–H groups in total. The minimum Gasteiger partial charge on any atom is -0.493 e. The molecule has 1 aromatic heterocycles. The van der Waals surface area contributed by atoms with Crippen molar-refractivity contribution in [2.75, 3.05) is 13.7 Å². The summed E-state index contributed by atoms with van der Waals surface area (Å²) in [7, 11) is 1.60. The van der Waals surface area contributed by atoms with Crippen LogP contribution in [-0.4, -0.2) is 23.7 Å². The molecule has 2 rings (SSSR count). The summed E-state index contributed by atoms with van der Waals surface area (Å²) in [6, 6.07) is 5.64. The molecule has 0 bridgehead atoms. The van der Waals surface area contributed by atoms with Crippen molar-refractivity contribution in [3.05, 3.63) is 55.9 Å². The van der Waals surface area contributed by atoms with E-state index in [1.807, 2.05) is 18.2 Å². The molecule has 0 amide bonds. The van der Waals surface area contributed by atoms with Crippen LogP contribution in [0, 0.1) is 6.92 Å². The van der Waals surface area contributed by atoms with Gasteiger partial charge in [-0.3, -0.25) is 9.78 Å². The van der Waals surface area contributed by atoms with Gasteiger partial charge in [-0.05, 0) is 31.0 Å². The molecule has 0 spiro atoms. The fourth-order valence-corrected chi connectivity index (χ4v) is 2.69. The van der Waals surface area contributed by atoms with E-state index in [1.165, 1.54) is 12.8 Å². The maximum atomic E-state index is 12.0. The second-order valence-electron chi connectivity index (χ2n) is 6.08. The zero-order chi connectivity index (χ0) is 18.2. The number of benzene rings is 1. The Morgan fingerprint density at radius 2 is 1.84 bits per heavy atom. The minimum atomic E-state index is -0.490. The van der Waals surface area contributed by atoms with Crippen LogP contribution in [0.15, 0.2) is 27.8 Å². The van der Waals surface area contributed by atoms with Gasteiger partial charge in [-0.15, -0.1) is 0 Å². The summed E-state index contributed by atoms with van der Waals surface area (Å²) in [6.07, 6.45) is 4.99. The predicted octanol–water partition coefficient (Wildman–Crippen LogP) is 2.93. The van der Waals surface area contributed by atoms with Crippen LogP contribution >= 0.6 is 0 Å². The highest BCUT2D eigenvalue weighted by Crippen LogP contribution is 2.29. The van der Waals surface area contributed by atoms with Gasteiger partial charge in [0.1, 0.15) is 0 Å². The highest BCUT2D eigenvalue weighted by Gasteiger charge is 2.10. The third-order valence-corrected chi connectivity index (χ3v) is 4.12. The first-order chi connectivity index (χ1) is 12.0. The fourth-order valence-electron chi connectivity index (χ4n) is 2.69. The fraction of sp³-hybridized carbons (Fsp3) is 0.474. The van der Waals surface area contributed by atoms with Crippen molar-refractivity contribution in [3.63, 3.8) is 0 Å². The van der Waals surface area contributed by atoms with Crippen LogP contribution in [-0.2, 0) is 6.42 Å². The number of hydrogen-bond acceptors (Lipinski definition) is 4. The Morgan fingerprint density at radius 1 is 1.04 bits per heavy atom. The molecular formula is C19H26N2O4. The summed E-state index contributed by atoms with van der Waals surface area (Å²) < 4.78 is 11.2. The number of hydrogen-bond donors (Lipinski definition) is 2. The predicted molar refractivity (Wildman–Crippen MR) is 97.9 cm³/mol. The molecule has 0 aliphatic carbocycles. The van der Waals surface area contributed by atoms with E-state index in [0.29, 0.717) is 35.8 Å². The number of ether oxygens (including phenoxy) is 2. The van der Waals surface area contributed by atoms with Crippen molar-refractivity contribution in [1.29, 1.82) is 0 Å². The summed E-state index contributed by atoms with van der Waals surface area (Å²) in [5, 5.41) is 0. The van der Waals surface area contributed by atoms with Crippen LogP contribution in [0.5, 0.6) is 11.5 Å². The molecule has 0 aliphatic rings. The molecule has 1 heterocycles. The molecule has 0 atom stereocenters. The first-order valence-electron chi connectivity index (χ1n) is 8.67. The standard InChI is InChI=1S/C19H26N2O4/c1-4-5-6-7-10-25-16-9-8-14(12-17(16)24-3)11-15-13(2)20-19(23)21-18(15)22/h8-9,12H,4-7,10-11H2,1-3H3,(H2,20,21,22,23). The van der Waals surface area contributed by atoms with Gasteiger partial charge in [0.05, 0.1) is 13.7 Å². The quantitative estimate of drug-likeness (QED) is 0.684. The Morgan fingerprint density at radius 3 is 2.52 bits per heavy atom. The van der Waals surface area contributed by atoms with Crippen molar-refractivity contribution >= 4 is 0 Å². The number of unbranched alkanes of at least 4 members (excludes halogenated alkanes) is 3. The zero-order valence-electron chi connectivity index (χ0n) is 15.1. The third kappa shape index (κ3) is 5.24. The van der Waals surface area contributed by atoms with E-state index in [4.69, 9.17) is 9.47 Å². The molecule has 2 aromatic rings. The van der Waals surface area contributed by atoms with E-state index >= 15 is 0 Å². The summed E-state index contributed by atoms with van der Waals surface area (Å²) in [6.45, 7) is 4.56. The number of aryl methyl sites for hydroxylation is 1. The Bertz CT molecular complexity index is 808. The van der Waals surface area contributed by atoms with Gasteiger partial charge in [0, 0.05) is 17.7 Å². The molecule has 1 aromatic carbocycles. The smallest absolute Gasteiger partial charge is 0.325 e. The lowest BCUT2D eigenvalue weighted by molar-refractivity contribution is 0.285. The lowest BCUT2D eigenvalue weighted by Crippen LogP contribution is -2.27. The highest BCUT2D eigenvalue weighted by atomic mass is 16.5. The molecule has 6 nitrogen and oxygen atoms in total. The molecule has 0 fully saturated rings. The lowest BCUT2D eigenvalue weighted by atomic mass is 10.0. The van der Waals surface area contributed by atoms with E-state index in [9.17, 15) is 9.59 Å². The second-order valence-corrected chi connectivity index (χ2v) is 6.08. The number of H-pyrrole nitrogens is 2. The van der Waals surface area contributed by atoms with E-state index < -0.39 is 5.69 Å². The van der Waals surface area contributed by atoms with Gasteiger partial charge in [0.25, 0.3) is 5.56 Å². The number of nitrogens with one attached hydrogen (secondary N) is 2. The van der Waals surface area contributed by atoms with Crippen molar-refractivity contribution in [2.24, 2.45) is 0 Å². The van der Waals surface area contributed by atoms with Gasteiger partial charge in [0.15, 0.2) is 11.5 Å². The van der Waals surface area contributed by atoms with Gasteiger partial charge < -0.3 is 14.5 Å². The first kappa shape index (κ1) is 18.8. The Kier molecular flexibility index (Phi) is 6.86. The van der Waals surface area contributed by atoms with Crippen LogP contribution in [0.2, 0.25) is 0 Å². The van der Waals surface area contributed by atoms with Gasteiger partial charge in [-0.2, -0.15) is 0 Å². The molecule has 0 saturated carbocycles. The lowest BCUT2D eigenvalue weighted by Gasteiger charge is -2.12. The molecule has 0 unspecified atom stereocenters. The summed E-state index contributed by atoms with van der Waals surface area (Å²) in [5.41, 5.74) is 1.17. The van der Waals surface area contributed by atoms with Crippen LogP contribution < -0.4 is 20.7 Å². The van der Waals surface area contributed by atoms with E-state index in [0.717, 1.165) is 18.4 Å². The molecule has 0 radical (unpaired) electrons. The number of rotatable bonds is 9. The van der Waals surface area contributed by atoms with E-state index in [-0.39, 0.29) is 5.56 Å². The van der Waals surface area contributed by atoms with Gasteiger partial charge >= 0.3 is 5.69 Å². The zero-order valence-corrected chi connectivity index (χ0v) is 15.1. The molecular weight excluding hydrogens is 320 g/mol. The average molecular weight is 346 g/mol. The van der Waals surface area contributed by atoms with Crippen molar-refractivity contribution in [3.8, 4) is 11.5 Å². The van der Waals surface area contributed by atoms with Gasteiger partial charge in [-0.1, -0.05) is 32.3 Å². The number of aromatic nitrogens is 2. The maximum Gasteiger partial charge on any atom is 0.325 e. The molecule has 136 valence electrons. The molecule has 25 heavy (non-hydrogen) atoms. The average Bonchev–Trinajstić information content (AvgIpc) is 2.58. The van der Waals surface area contributed by atoms with Gasteiger partial charge in [0.2, 0.25) is 0 Å². The van der Waals surface area contributed by atoms with Crippen LogP contribution in [0.4, 0.5) is 0 Å². The van der Waals surface area contributed by atoms with Crippen LogP contribution in [0.3, 0.4) is 0 Å². The Hall–Kier alpha value is -2.50. The largest absolute Gasteiger partial charge is 0.493 e. The van der Waals surface area contributed by atoms with Gasteiger partial charge in [-0.25, -0.2) is 4.79 Å². The van der Waals surface area contributed by atoms with Crippen molar-refractivity contribution in [1.82, 2.24) is 9.97 Å². The van der Waals surface area contributed by atoms with E-state index in [2.05, 4.69) is 16.9 Å². The summed E-state index contributed by atoms with van der Waals surface area (Å²) >= 11 is 0. The van der Waals surface area contributed by atoms with Crippen LogP contribution in [0.1, 0.15) is 49.4 Å². The van der Waals surface area contributed by atoms with Crippen LogP contribution in [0.25, 0.3) is 0 Å². The first-order valence-corrected chi connectivity index (χ1v) is 8.67. The van der Waals surface area contributed by atoms with Crippen molar-refractivity contribution in [2.45, 2.75) is 46.0 Å². The minimum absolute atomic E-state index is 0.364. The SMILES string of the molecule is CCCCCCOc1ccc(Cc2c(C)[nH]c(=O)[nH]c2=O)cc1OC. The summed E-state index contributed by atoms with van der Waals surface area (Å²) in [4.78, 5) is 28.1. The monoisotopic (exact) mass is 346 g/mol. The van der Waals surface area contributed by atoms with Crippen molar-refractivity contribution < 1.29 is 9.47 Å². The number of methoxy groups -OCH3 is 1. The Labute approximate surface area is 147 Å². The topological polar surface area (TPSA) is 84.2 Å². The second kappa shape index (κ2) is 9.11. The molecule has 6 heteroatoms. The van der Waals surface area contributed by atoms with E-state index in [1.54, 1.807) is 14.0 Å². The third-order valence-electron chi connectivity index (χ3n) is 4.12. The normalized spacial score (nSPS) is 10.7. The summed E-state index contributed by atoms with van der Waals surface area (Å²) in [5.74, 6) is 1.35. The molecule has 0 saturated heterocycles. The highest BCUT2D eigenvalue weighted by molar-refractivity contribution is 5.44. The number of aromatic amines is 2. The Balaban J connectivity index is 2.11. The molecule has 0 aliphatic heterocycles.